The molecule has 0 aliphatic carbocycles. The summed E-state index contributed by atoms with van der Waals surface area (Å²) in [5, 5.41) is 2.71. The lowest BCUT2D eigenvalue weighted by molar-refractivity contribution is -0.129. The number of rotatable bonds is 8. The topological polar surface area (TPSA) is 75.7 Å². The molecule has 6 nitrogen and oxygen atoms in total. The zero-order valence-corrected chi connectivity index (χ0v) is 14.8. The van der Waals surface area contributed by atoms with Crippen LogP contribution in [0.1, 0.15) is 44.0 Å². The first-order valence-electron chi connectivity index (χ1n) is 8.07. The van der Waals surface area contributed by atoms with Crippen molar-refractivity contribution in [3.8, 4) is 0 Å². The summed E-state index contributed by atoms with van der Waals surface area (Å²) in [5.41, 5.74) is 0.711. The molecule has 0 saturated heterocycles. The van der Waals surface area contributed by atoms with E-state index in [0.29, 0.717) is 30.3 Å². The van der Waals surface area contributed by atoms with Gasteiger partial charge < -0.3 is 15.0 Å². The van der Waals surface area contributed by atoms with Crippen molar-refractivity contribution in [2.75, 3.05) is 25.5 Å². The molecule has 0 atom stereocenters. The Kier molecular flexibility index (Phi) is 7.95. The highest BCUT2D eigenvalue weighted by molar-refractivity contribution is 6.01. The number of ether oxygens (including phenoxy) is 1. The Labute approximate surface area is 143 Å². The summed E-state index contributed by atoms with van der Waals surface area (Å²) in [4.78, 5) is 37.1. The van der Waals surface area contributed by atoms with E-state index in [4.69, 9.17) is 4.74 Å². The molecule has 1 N–H and O–H groups in total. The molecule has 1 aromatic rings. The molecule has 2 amide bonds. The van der Waals surface area contributed by atoms with Crippen LogP contribution in [0.3, 0.4) is 0 Å². The molecule has 0 unspecified atom stereocenters. The van der Waals surface area contributed by atoms with Crippen LogP contribution >= 0.6 is 0 Å². The number of methoxy groups -OCH3 is 1. The van der Waals surface area contributed by atoms with Crippen molar-refractivity contribution >= 4 is 23.5 Å². The molecule has 1 aromatic carbocycles. The second-order valence-corrected chi connectivity index (χ2v) is 6.02. The Morgan fingerprint density at radius 3 is 2.42 bits per heavy atom. The Balaban J connectivity index is 2.63. The van der Waals surface area contributed by atoms with Crippen LogP contribution in [0, 0.1) is 5.92 Å². The summed E-state index contributed by atoms with van der Waals surface area (Å²) in [5.74, 6) is -0.304. The maximum Gasteiger partial charge on any atom is 0.339 e. The number of anilines is 1. The Morgan fingerprint density at radius 1 is 1.17 bits per heavy atom. The van der Waals surface area contributed by atoms with Gasteiger partial charge in [-0.05, 0) is 24.5 Å². The monoisotopic (exact) mass is 334 g/mol. The van der Waals surface area contributed by atoms with Gasteiger partial charge in [0.2, 0.25) is 11.8 Å². The minimum atomic E-state index is -0.506. The van der Waals surface area contributed by atoms with Gasteiger partial charge in [-0.15, -0.1) is 0 Å². The second kappa shape index (κ2) is 9.70. The van der Waals surface area contributed by atoms with E-state index >= 15 is 0 Å². The lowest BCUT2D eigenvalue weighted by Gasteiger charge is -2.21. The molecule has 0 aromatic heterocycles. The molecule has 0 aliphatic heterocycles. The molecule has 132 valence electrons. The summed E-state index contributed by atoms with van der Waals surface area (Å²) in [7, 11) is 1.29. The second-order valence-electron chi connectivity index (χ2n) is 6.02. The largest absolute Gasteiger partial charge is 0.465 e. The third-order valence-electron chi connectivity index (χ3n) is 3.64. The first-order chi connectivity index (χ1) is 11.3. The summed E-state index contributed by atoms with van der Waals surface area (Å²) in [6.07, 6.45) is 1.07. The fourth-order valence-electron chi connectivity index (χ4n) is 2.17. The Morgan fingerprint density at radius 2 is 1.83 bits per heavy atom. The van der Waals surface area contributed by atoms with Gasteiger partial charge in [-0.3, -0.25) is 9.59 Å². The van der Waals surface area contributed by atoms with Gasteiger partial charge in [0.1, 0.15) is 0 Å². The first-order valence-corrected chi connectivity index (χ1v) is 8.07. The highest BCUT2D eigenvalue weighted by Gasteiger charge is 2.15. The van der Waals surface area contributed by atoms with Crippen molar-refractivity contribution in [1.82, 2.24) is 4.90 Å². The fourth-order valence-corrected chi connectivity index (χ4v) is 2.17. The number of amides is 2. The molecule has 0 spiro atoms. The molecular formula is C18H26N2O4. The minimum Gasteiger partial charge on any atom is -0.465 e. The molecule has 0 aliphatic rings. The molecule has 0 saturated carbocycles. The smallest absolute Gasteiger partial charge is 0.339 e. The van der Waals surface area contributed by atoms with Crippen molar-refractivity contribution in [3.63, 3.8) is 0 Å². The SMILES string of the molecule is COC(=O)c1ccccc1NC(=O)CCN(CCC(C)C)C(C)=O. The third-order valence-corrected chi connectivity index (χ3v) is 3.64. The predicted molar refractivity (Wildman–Crippen MR) is 92.7 cm³/mol. The number of para-hydroxylation sites is 1. The Bertz CT molecular complexity index is 584. The van der Waals surface area contributed by atoms with E-state index in [-0.39, 0.29) is 18.2 Å². The lowest BCUT2D eigenvalue weighted by Crippen LogP contribution is -2.33. The molecule has 1 rings (SSSR count). The van der Waals surface area contributed by atoms with Crippen molar-refractivity contribution in [3.05, 3.63) is 29.8 Å². The lowest BCUT2D eigenvalue weighted by atomic mass is 10.1. The van der Waals surface area contributed by atoms with E-state index in [2.05, 4.69) is 19.2 Å². The molecule has 24 heavy (non-hydrogen) atoms. The standard InChI is InChI=1S/C18H26N2O4/c1-13(2)9-11-20(14(3)21)12-10-17(22)19-16-8-6-5-7-15(16)18(23)24-4/h5-8,13H,9-12H2,1-4H3,(H,19,22). The molecule has 6 heteroatoms. The predicted octanol–water partition coefficient (Wildman–Crippen LogP) is 2.70. The van der Waals surface area contributed by atoms with Crippen molar-refractivity contribution < 1.29 is 19.1 Å². The molecule has 0 heterocycles. The highest BCUT2D eigenvalue weighted by atomic mass is 16.5. The van der Waals surface area contributed by atoms with Crippen LogP contribution in [0.25, 0.3) is 0 Å². The van der Waals surface area contributed by atoms with Crippen molar-refractivity contribution in [2.45, 2.75) is 33.6 Å². The maximum atomic E-state index is 12.1. The van der Waals surface area contributed by atoms with Crippen molar-refractivity contribution in [1.29, 1.82) is 0 Å². The van der Waals surface area contributed by atoms with Crippen LogP contribution in [-0.4, -0.2) is 42.9 Å². The fraction of sp³-hybridized carbons (Fsp3) is 0.500. The molecular weight excluding hydrogens is 308 g/mol. The molecule has 0 bridgehead atoms. The van der Waals surface area contributed by atoms with Gasteiger partial charge >= 0.3 is 5.97 Å². The summed E-state index contributed by atoms with van der Waals surface area (Å²) in [6, 6.07) is 6.66. The number of esters is 1. The average Bonchev–Trinajstić information content (AvgIpc) is 2.54. The van der Waals surface area contributed by atoms with Gasteiger partial charge in [0.05, 0.1) is 18.4 Å². The summed E-state index contributed by atoms with van der Waals surface area (Å²) < 4.78 is 4.70. The number of carbonyl (C=O) groups is 3. The van der Waals surface area contributed by atoms with Gasteiger partial charge in [-0.1, -0.05) is 26.0 Å². The Hall–Kier alpha value is -2.37. The quantitative estimate of drug-likeness (QED) is 0.742. The van der Waals surface area contributed by atoms with Gasteiger partial charge in [0.15, 0.2) is 0 Å². The van der Waals surface area contributed by atoms with Crippen LogP contribution in [0.15, 0.2) is 24.3 Å². The first kappa shape index (κ1) is 19.7. The van der Waals surface area contributed by atoms with E-state index < -0.39 is 5.97 Å². The number of hydrogen-bond acceptors (Lipinski definition) is 4. The van der Waals surface area contributed by atoms with E-state index in [1.807, 2.05) is 0 Å². The summed E-state index contributed by atoms with van der Waals surface area (Å²) in [6.45, 7) is 6.68. The van der Waals surface area contributed by atoms with Crippen molar-refractivity contribution in [2.24, 2.45) is 5.92 Å². The van der Waals surface area contributed by atoms with Gasteiger partial charge in [-0.2, -0.15) is 0 Å². The van der Waals surface area contributed by atoms with E-state index in [1.54, 1.807) is 29.2 Å². The maximum absolute atomic E-state index is 12.1. The minimum absolute atomic E-state index is 0.0431. The zero-order chi connectivity index (χ0) is 18.1. The number of carbonyl (C=O) groups excluding carboxylic acids is 3. The van der Waals surface area contributed by atoms with E-state index in [0.717, 1.165) is 6.42 Å². The number of benzene rings is 1. The van der Waals surface area contributed by atoms with E-state index in [1.165, 1.54) is 14.0 Å². The number of hydrogen-bond donors (Lipinski definition) is 1. The number of nitrogens with one attached hydrogen (secondary N) is 1. The summed E-state index contributed by atoms with van der Waals surface area (Å²) >= 11 is 0. The van der Waals surface area contributed by atoms with Gasteiger partial charge in [0.25, 0.3) is 0 Å². The van der Waals surface area contributed by atoms with Crippen LogP contribution in [0.5, 0.6) is 0 Å². The third kappa shape index (κ3) is 6.40. The normalized spacial score (nSPS) is 10.4. The zero-order valence-electron chi connectivity index (χ0n) is 14.8. The van der Waals surface area contributed by atoms with Crippen LogP contribution < -0.4 is 5.32 Å². The van der Waals surface area contributed by atoms with Gasteiger partial charge in [0, 0.05) is 26.4 Å². The van der Waals surface area contributed by atoms with Crippen LogP contribution in [0.4, 0.5) is 5.69 Å². The van der Waals surface area contributed by atoms with Crippen LogP contribution in [-0.2, 0) is 14.3 Å². The molecule has 0 radical (unpaired) electrons. The highest BCUT2D eigenvalue weighted by Crippen LogP contribution is 2.16. The average molecular weight is 334 g/mol. The number of nitrogens with zero attached hydrogens (tertiary/aromatic N) is 1. The molecule has 0 fully saturated rings. The van der Waals surface area contributed by atoms with Crippen LogP contribution in [0.2, 0.25) is 0 Å². The van der Waals surface area contributed by atoms with Gasteiger partial charge in [-0.25, -0.2) is 4.79 Å². The van der Waals surface area contributed by atoms with E-state index in [9.17, 15) is 14.4 Å².